The number of Topliss-reactive ketones (excluding diaryl/α,β-unsaturated/α-hetero) is 1. The van der Waals surface area contributed by atoms with Crippen LogP contribution in [0, 0.1) is 5.92 Å². The van der Waals surface area contributed by atoms with Crippen LogP contribution < -0.4 is 25.8 Å². The molecule has 2 fully saturated rings. The highest BCUT2D eigenvalue weighted by Crippen LogP contribution is 2.37. The number of halogens is 4. The van der Waals surface area contributed by atoms with Gasteiger partial charge in [-0.25, -0.2) is 4.98 Å². The average molecular weight is 567 g/mol. The molecule has 1 aromatic heterocycles. The standard InChI is InChI=1S/C23H28F2N4O6.2ClH/c1-12(26)20-18(19(31)21(33-11-30)15-9-27-6-7-28-15)29-22(35-20)14-4-5-16(34-23(24)25)17(8-14)32-10-13-2-3-13;;/h4-5,8,11-13,15,21,23,27-28H,2-3,6-7,9-10,26H2,1H3;2*1H/t12-,15?,21?;;/m0../s1. The fourth-order valence-corrected chi connectivity index (χ4v) is 3.80. The van der Waals surface area contributed by atoms with E-state index in [4.69, 9.17) is 19.6 Å². The molecule has 206 valence electrons. The first kappa shape index (κ1) is 30.7. The number of hydrogen-bond donors (Lipinski definition) is 3. The molecule has 0 amide bonds. The van der Waals surface area contributed by atoms with Gasteiger partial charge in [-0.15, -0.1) is 24.8 Å². The third-order valence-electron chi connectivity index (χ3n) is 5.78. The van der Waals surface area contributed by atoms with Gasteiger partial charge in [-0.2, -0.15) is 8.78 Å². The smallest absolute Gasteiger partial charge is 0.387 e. The second-order valence-electron chi connectivity index (χ2n) is 8.60. The SMILES string of the molecule is C[C@H](N)c1oc(-c2ccc(OC(F)F)c(OCC3CC3)c2)nc1C(=O)C(OC=O)C1CNCCN1.Cl.Cl. The summed E-state index contributed by atoms with van der Waals surface area (Å²) in [5, 5.41) is 6.29. The van der Waals surface area contributed by atoms with Gasteiger partial charge in [0, 0.05) is 25.2 Å². The van der Waals surface area contributed by atoms with E-state index in [1.165, 1.54) is 18.2 Å². The van der Waals surface area contributed by atoms with Crippen LogP contribution in [0.25, 0.3) is 11.5 Å². The lowest BCUT2D eigenvalue weighted by molar-refractivity contribution is -0.133. The molecule has 3 atom stereocenters. The zero-order chi connectivity index (χ0) is 24.9. The number of oxazole rings is 1. The summed E-state index contributed by atoms with van der Waals surface area (Å²) in [6, 6.07) is 3.11. The maximum absolute atomic E-state index is 13.4. The summed E-state index contributed by atoms with van der Waals surface area (Å²) in [7, 11) is 0. The van der Waals surface area contributed by atoms with Gasteiger partial charge in [0.05, 0.1) is 18.7 Å². The van der Waals surface area contributed by atoms with Gasteiger partial charge in [-0.3, -0.25) is 9.59 Å². The molecule has 14 heteroatoms. The first-order valence-corrected chi connectivity index (χ1v) is 11.4. The van der Waals surface area contributed by atoms with E-state index in [0.29, 0.717) is 37.7 Å². The van der Waals surface area contributed by atoms with Crippen molar-refractivity contribution in [2.24, 2.45) is 11.7 Å². The number of alkyl halides is 2. The van der Waals surface area contributed by atoms with Gasteiger partial charge >= 0.3 is 6.61 Å². The van der Waals surface area contributed by atoms with Crippen molar-refractivity contribution in [3.8, 4) is 23.0 Å². The molecular weight excluding hydrogens is 537 g/mol. The number of nitrogens with zero attached hydrogens (tertiary/aromatic N) is 1. The lowest BCUT2D eigenvalue weighted by Gasteiger charge is -2.29. The number of nitrogens with one attached hydrogen (secondary N) is 2. The number of aromatic nitrogens is 1. The minimum atomic E-state index is -3.02. The quantitative estimate of drug-likeness (QED) is 0.259. The first-order valence-electron chi connectivity index (χ1n) is 11.4. The third kappa shape index (κ3) is 7.74. The number of ether oxygens (including phenoxy) is 3. The van der Waals surface area contributed by atoms with E-state index in [-0.39, 0.29) is 60.1 Å². The molecule has 2 heterocycles. The maximum Gasteiger partial charge on any atom is 0.387 e. The zero-order valence-corrected chi connectivity index (χ0v) is 21.6. The minimum absolute atomic E-state index is 0. The Morgan fingerprint density at radius 1 is 1.27 bits per heavy atom. The van der Waals surface area contributed by atoms with Gasteiger partial charge in [-0.1, -0.05) is 0 Å². The van der Waals surface area contributed by atoms with Gasteiger partial charge in [0.25, 0.3) is 6.47 Å². The van der Waals surface area contributed by atoms with Crippen LogP contribution in [0.1, 0.15) is 42.1 Å². The predicted molar refractivity (Wildman–Crippen MR) is 134 cm³/mol. The molecule has 2 aliphatic rings. The summed E-state index contributed by atoms with van der Waals surface area (Å²) in [4.78, 5) is 28.9. The Bertz CT molecular complexity index is 1050. The number of ketones is 1. The van der Waals surface area contributed by atoms with Crippen molar-refractivity contribution in [3.63, 3.8) is 0 Å². The number of carbonyl (C=O) groups excluding carboxylic acids is 2. The lowest BCUT2D eigenvalue weighted by Crippen LogP contribution is -2.57. The van der Waals surface area contributed by atoms with Crippen molar-refractivity contribution in [2.45, 2.75) is 44.6 Å². The molecule has 4 N–H and O–H groups in total. The topological polar surface area (TPSA) is 138 Å². The number of benzene rings is 1. The number of hydrogen-bond acceptors (Lipinski definition) is 10. The molecule has 2 unspecified atom stereocenters. The maximum atomic E-state index is 13.4. The van der Waals surface area contributed by atoms with Crippen molar-refractivity contribution in [1.29, 1.82) is 0 Å². The van der Waals surface area contributed by atoms with E-state index in [9.17, 15) is 18.4 Å². The Morgan fingerprint density at radius 2 is 2.03 bits per heavy atom. The van der Waals surface area contributed by atoms with Crippen LogP contribution in [0.2, 0.25) is 0 Å². The molecule has 37 heavy (non-hydrogen) atoms. The van der Waals surface area contributed by atoms with Crippen LogP contribution in [-0.4, -0.2) is 62.2 Å². The van der Waals surface area contributed by atoms with E-state index in [0.717, 1.165) is 12.8 Å². The van der Waals surface area contributed by atoms with Gasteiger partial charge in [0.15, 0.2) is 29.1 Å². The summed E-state index contributed by atoms with van der Waals surface area (Å²) in [5.74, 6) is -0.0331. The molecule has 10 nitrogen and oxygen atoms in total. The van der Waals surface area contributed by atoms with Crippen molar-refractivity contribution < 1.29 is 37.0 Å². The third-order valence-corrected chi connectivity index (χ3v) is 5.78. The Hall–Kier alpha value is -2.51. The molecule has 1 saturated carbocycles. The number of piperazine rings is 1. The van der Waals surface area contributed by atoms with Crippen LogP contribution >= 0.6 is 24.8 Å². The van der Waals surface area contributed by atoms with Crippen LogP contribution in [0.15, 0.2) is 22.6 Å². The van der Waals surface area contributed by atoms with Gasteiger partial charge in [-0.05, 0) is 43.9 Å². The minimum Gasteiger partial charge on any atom is -0.489 e. The summed E-state index contributed by atoms with van der Waals surface area (Å²) in [6.45, 7) is 0.924. The molecule has 0 bridgehead atoms. The lowest BCUT2D eigenvalue weighted by atomic mass is 10.0. The average Bonchev–Trinajstić information content (AvgIpc) is 3.56. The summed E-state index contributed by atoms with van der Waals surface area (Å²) in [5.41, 5.74) is 6.35. The monoisotopic (exact) mass is 566 g/mol. The molecule has 0 radical (unpaired) electrons. The zero-order valence-electron chi connectivity index (χ0n) is 20.0. The van der Waals surface area contributed by atoms with E-state index in [2.05, 4.69) is 20.4 Å². The predicted octanol–water partition coefficient (Wildman–Crippen LogP) is 2.88. The van der Waals surface area contributed by atoms with Crippen LogP contribution in [0.5, 0.6) is 11.5 Å². The fraction of sp³-hybridized carbons (Fsp3) is 0.522. The molecule has 0 spiro atoms. The van der Waals surface area contributed by atoms with Gasteiger partial charge < -0.3 is 35.0 Å². The van der Waals surface area contributed by atoms with Crippen molar-refractivity contribution in [3.05, 3.63) is 29.7 Å². The highest BCUT2D eigenvalue weighted by atomic mass is 35.5. The highest BCUT2D eigenvalue weighted by molar-refractivity contribution is 6.00. The highest BCUT2D eigenvalue weighted by Gasteiger charge is 2.36. The Morgan fingerprint density at radius 3 is 2.62 bits per heavy atom. The van der Waals surface area contributed by atoms with Crippen LogP contribution in [0.3, 0.4) is 0 Å². The summed E-state index contributed by atoms with van der Waals surface area (Å²) >= 11 is 0. The molecule has 1 aliphatic heterocycles. The second kappa shape index (κ2) is 13.9. The van der Waals surface area contributed by atoms with Crippen LogP contribution in [0.4, 0.5) is 8.78 Å². The van der Waals surface area contributed by atoms with Crippen molar-refractivity contribution in [2.75, 3.05) is 26.2 Å². The van der Waals surface area contributed by atoms with E-state index >= 15 is 0 Å². The molecule has 1 aliphatic carbocycles. The number of nitrogens with two attached hydrogens (primary N) is 1. The van der Waals surface area contributed by atoms with Crippen molar-refractivity contribution in [1.82, 2.24) is 15.6 Å². The molecule has 2 aromatic rings. The van der Waals surface area contributed by atoms with Gasteiger partial charge in [0.1, 0.15) is 0 Å². The van der Waals surface area contributed by atoms with Crippen LogP contribution in [-0.2, 0) is 9.53 Å². The van der Waals surface area contributed by atoms with E-state index in [1.807, 2.05) is 0 Å². The van der Waals surface area contributed by atoms with E-state index < -0.39 is 30.6 Å². The summed E-state index contributed by atoms with van der Waals surface area (Å²) in [6.07, 6.45) is 0.890. The first-order chi connectivity index (χ1) is 16.9. The Balaban J connectivity index is 0.00000241. The molecule has 1 saturated heterocycles. The largest absolute Gasteiger partial charge is 0.489 e. The Kier molecular flexibility index (Phi) is 11.5. The second-order valence-corrected chi connectivity index (χ2v) is 8.60. The van der Waals surface area contributed by atoms with Crippen molar-refractivity contribution >= 4 is 37.1 Å². The van der Waals surface area contributed by atoms with E-state index in [1.54, 1.807) is 6.92 Å². The fourth-order valence-electron chi connectivity index (χ4n) is 3.80. The molecular formula is C23H30Cl2F2N4O6. The summed E-state index contributed by atoms with van der Waals surface area (Å²) < 4.78 is 46.9. The molecule has 4 rings (SSSR count). The van der Waals surface area contributed by atoms with Gasteiger partial charge in [0.2, 0.25) is 11.7 Å². The molecule has 1 aromatic carbocycles. The Labute approximate surface area is 224 Å². The normalized spacial score (nSPS) is 18.7. The number of rotatable bonds is 12. The number of carbonyl (C=O) groups is 2.